The van der Waals surface area contributed by atoms with Crippen LogP contribution in [0.15, 0.2) is 17.9 Å². The van der Waals surface area contributed by atoms with E-state index >= 15 is 0 Å². The highest BCUT2D eigenvalue weighted by Gasteiger charge is 2.37. The summed E-state index contributed by atoms with van der Waals surface area (Å²) in [7, 11) is -1.75. The number of hydrogen-bond acceptors (Lipinski definition) is 2. The molecule has 88 valence electrons. The maximum Gasteiger partial charge on any atom is 0.192 e. The van der Waals surface area contributed by atoms with Crippen molar-refractivity contribution in [2.24, 2.45) is 0 Å². The van der Waals surface area contributed by atoms with Crippen molar-refractivity contribution in [2.45, 2.75) is 51.9 Å². The molecule has 2 nitrogen and oxygen atoms in total. The van der Waals surface area contributed by atoms with Gasteiger partial charge in [0.2, 0.25) is 0 Å². The fraction of sp³-hybridized carbons (Fsp3) is 0.750. The van der Waals surface area contributed by atoms with Crippen LogP contribution in [0.25, 0.3) is 0 Å². The third-order valence-electron chi connectivity index (χ3n) is 3.19. The van der Waals surface area contributed by atoms with Crippen molar-refractivity contribution in [3.63, 3.8) is 0 Å². The molecule has 0 radical (unpaired) electrons. The maximum absolute atomic E-state index is 9.70. The Morgan fingerprint density at radius 2 is 1.93 bits per heavy atom. The number of rotatable bonds is 4. The zero-order valence-electron chi connectivity index (χ0n) is 10.8. The van der Waals surface area contributed by atoms with Gasteiger partial charge >= 0.3 is 0 Å². The average Bonchev–Trinajstić information content (AvgIpc) is 2.11. The summed E-state index contributed by atoms with van der Waals surface area (Å²) in [6.45, 7) is 16.6. The lowest BCUT2D eigenvalue weighted by molar-refractivity contribution is 0.127. The molecule has 0 bridgehead atoms. The molecule has 0 aromatic heterocycles. The van der Waals surface area contributed by atoms with E-state index in [1.807, 2.05) is 6.92 Å². The van der Waals surface area contributed by atoms with Gasteiger partial charge in [0.15, 0.2) is 8.32 Å². The first-order valence-electron chi connectivity index (χ1n) is 5.30. The molecule has 0 spiro atoms. The lowest BCUT2D eigenvalue weighted by Crippen LogP contribution is -2.42. The minimum Gasteiger partial charge on any atom is -0.414 e. The highest BCUT2D eigenvalue weighted by molar-refractivity contribution is 6.74. The predicted octanol–water partition coefficient (Wildman–Crippen LogP) is 3.10. The van der Waals surface area contributed by atoms with Crippen molar-refractivity contribution in [3.8, 4) is 0 Å². The molecule has 0 aromatic carbocycles. The molecule has 0 aromatic rings. The van der Waals surface area contributed by atoms with Crippen LogP contribution in [0.5, 0.6) is 0 Å². The lowest BCUT2D eigenvalue weighted by atomic mass is 10.2. The second-order valence-corrected chi connectivity index (χ2v) is 10.3. The standard InChI is InChI=1S/C12H24O2Si/c1-8-10(2)11(13)9-14-15(6,7)12(3,4)5/h11,13H,1,9H2,2-7H3/t11-/m1/s1. The zero-order chi connectivity index (χ0) is 12.3. The second kappa shape index (κ2) is 5.13. The average molecular weight is 228 g/mol. The number of hydrogen-bond donors (Lipinski definition) is 1. The fourth-order valence-electron chi connectivity index (χ4n) is 0.747. The third kappa shape index (κ3) is 4.35. The van der Waals surface area contributed by atoms with Crippen molar-refractivity contribution in [1.82, 2.24) is 0 Å². The molecule has 1 atom stereocenters. The van der Waals surface area contributed by atoms with Crippen LogP contribution in [0.3, 0.4) is 0 Å². The van der Waals surface area contributed by atoms with E-state index < -0.39 is 14.4 Å². The van der Waals surface area contributed by atoms with Gasteiger partial charge in [-0.1, -0.05) is 27.4 Å². The van der Waals surface area contributed by atoms with Crippen LogP contribution >= 0.6 is 0 Å². The van der Waals surface area contributed by atoms with E-state index in [0.717, 1.165) is 5.57 Å². The molecule has 0 saturated heterocycles. The molecular formula is C12H24O2Si. The smallest absolute Gasteiger partial charge is 0.192 e. The first-order valence-corrected chi connectivity index (χ1v) is 8.21. The van der Waals surface area contributed by atoms with Gasteiger partial charge in [-0.25, -0.2) is 0 Å². The van der Waals surface area contributed by atoms with Crippen molar-refractivity contribution in [3.05, 3.63) is 17.9 Å². The summed E-state index contributed by atoms with van der Waals surface area (Å²) in [5.41, 5.74) is 3.44. The number of aliphatic hydroxyl groups is 1. The van der Waals surface area contributed by atoms with E-state index in [4.69, 9.17) is 4.43 Å². The Hall–Kier alpha value is -0.343. The van der Waals surface area contributed by atoms with Crippen molar-refractivity contribution < 1.29 is 9.53 Å². The minimum atomic E-state index is -1.75. The molecule has 0 saturated carbocycles. The summed E-state index contributed by atoms with van der Waals surface area (Å²) >= 11 is 0. The summed E-state index contributed by atoms with van der Waals surface area (Å²) in [6, 6.07) is 0. The molecule has 0 rings (SSSR count). The molecule has 3 heteroatoms. The molecule has 0 unspecified atom stereocenters. The van der Waals surface area contributed by atoms with Crippen LogP contribution in [0.2, 0.25) is 18.1 Å². The van der Waals surface area contributed by atoms with Gasteiger partial charge < -0.3 is 9.53 Å². The molecule has 0 fully saturated rings. The summed E-state index contributed by atoms with van der Waals surface area (Å²) in [5.74, 6) is 0. The topological polar surface area (TPSA) is 29.5 Å². The van der Waals surface area contributed by atoms with E-state index in [2.05, 4.69) is 46.2 Å². The van der Waals surface area contributed by atoms with Crippen LogP contribution in [-0.4, -0.2) is 26.1 Å². The Labute approximate surface area is 94.8 Å². The summed E-state index contributed by atoms with van der Waals surface area (Å²) < 4.78 is 5.88. The van der Waals surface area contributed by atoms with Gasteiger partial charge in [-0.15, -0.1) is 5.73 Å². The highest BCUT2D eigenvalue weighted by Crippen LogP contribution is 2.36. The van der Waals surface area contributed by atoms with Gasteiger partial charge in [-0.05, 0) is 30.6 Å². The Morgan fingerprint density at radius 1 is 1.47 bits per heavy atom. The Morgan fingerprint density at radius 3 is 2.27 bits per heavy atom. The van der Waals surface area contributed by atoms with Gasteiger partial charge in [-0.2, -0.15) is 0 Å². The Kier molecular flexibility index (Phi) is 5.01. The van der Waals surface area contributed by atoms with Gasteiger partial charge in [0.25, 0.3) is 0 Å². The SMILES string of the molecule is C=C=C(C)[C@H](O)CO[Si](C)(C)C(C)(C)C. The largest absolute Gasteiger partial charge is 0.414 e. The van der Waals surface area contributed by atoms with Gasteiger partial charge in [0.1, 0.15) is 6.10 Å². The molecule has 0 aliphatic heterocycles. The third-order valence-corrected chi connectivity index (χ3v) is 7.69. The van der Waals surface area contributed by atoms with Gasteiger partial charge in [0.05, 0.1) is 6.61 Å². The molecule has 15 heavy (non-hydrogen) atoms. The molecule has 0 heterocycles. The molecular weight excluding hydrogens is 204 g/mol. The van der Waals surface area contributed by atoms with Crippen LogP contribution in [-0.2, 0) is 4.43 Å². The minimum absolute atomic E-state index is 0.179. The summed E-state index contributed by atoms with van der Waals surface area (Å²) in [6.07, 6.45) is -0.573. The molecule has 0 aliphatic rings. The van der Waals surface area contributed by atoms with Crippen molar-refractivity contribution >= 4 is 8.32 Å². The Bertz CT molecular complexity index is 257. The van der Waals surface area contributed by atoms with E-state index in [0.29, 0.717) is 6.61 Å². The predicted molar refractivity (Wildman–Crippen MR) is 67.5 cm³/mol. The lowest BCUT2D eigenvalue weighted by Gasteiger charge is -2.36. The molecule has 1 N–H and O–H groups in total. The van der Waals surface area contributed by atoms with E-state index in [-0.39, 0.29) is 5.04 Å². The molecule has 0 aliphatic carbocycles. The van der Waals surface area contributed by atoms with Gasteiger partial charge in [-0.3, -0.25) is 0 Å². The fourth-order valence-corrected chi connectivity index (χ4v) is 1.75. The van der Waals surface area contributed by atoms with Crippen LogP contribution in [0.1, 0.15) is 27.7 Å². The van der Waals surface area contributed by atoms with Crippen molar-refractivity contribution in [2.75, 3.05) is 6.61 Å². The van der Waals surface area contributed by atoms with Crippen LogP contribution < -0.4 is 0 Å². The normalized spacial score (nSPS) is 14.6. The van der Waals surface area contributed by atoms with Crippen LogP contribution in [0, 0.1) is 0 Å². The van der Waals surface area contributed by atoms with E-state index in [1.54, 1.807) is 0 Å². The van der Waals surface area contributed by atoms with Gasteiger partial charge in [0, 0.05) is 0 Å². The summed E-state index contributed by atoms with van der Waals surface area (Å²) in [4.78, 5) is 0. The van der Waals surface area contributed by atoms with E-state index in [9.17, 15) is 5.11 Å². The van der Waals surface area contributed by atoms with Crippen molar-refractivity contribution in [1.29, 1.82) is 0 Å². The molecule has 0 amide bonds. The first-order chi connectivity index (χ1) is 6.62. The zero-order valence-corrected chi connectivity index (χ0v) is 11.8. The maximum atomic E-state index is 9.70. The summed E-state index contributed by atoms with van der Waals surface area (Å²) in [5, 5.41) is 9.88. The quantitative estimate of drug-likeness (QED) is 0.592. The number of aliphatic hydroxyl groups excluding tert-OH is 1. The first kappa shape index (κ1) is 14.7. The highest BCUT2D eigenvalue weighted by atomic mass is 28.4. The van der Waals surface area contributed by atoms with Crippen LogP contribution in [0.4, 0.5) is 0 Å². The Balaban J connectivity index is 4.34. The second-order valence-electron chi connectivity index (χ2n) is 5.45. The van der Waals surface area contributed by atoms with E-state index in [1.165, 1.54) is 0 Å². The monoisotopic (exact) mass is 228 g/mol.